The molecular formula is C26H40N8O8. The molecule has 232 valence electrons. The number of ether oxygens (including phenoxy) is 2. The van der Waals surface area contributed by atoms with Gasteiger partial charge in [-0.2, -0.15) is 0 Å². The van der Waals surface area contributed by atoms with E-state index in [0.717, 1.165) is 18.2 Å². The van der Waals surface area contributed by atoms with Gasteiger partial charge < -0.3 is 9.47 Å². The predicted molar refractivity (Wildman–Crippen MR) is 161 cm³/mol. The van der Waals surface area contributed by atoms with Gasteiger partial charge in [-0.05, 0) is 56.0 Å². The second-order valence-corrected chi connectivity index (χ2v) is 7.55. The fourth-order valence-corrected chi connectivity index (χ4v) is 2.53. The van der Waals surface area contributed by atoms with Crippen LogP contribution in [-0.4, -0.2) is 34.0 Å². The summed E-state index contributed by atoms with van der Waals surface area (Å²) in [6, 6.07) is 6.98. The molecule has 0 N–H and O–H groups in total. The number of nitro benzene ring substituents is 2. The van der Waals surface area contributed by atoms with Crippen LogP contribution in [0.2, 0.25) is 0 Å². The van der Waals surface area contributed by atoms with E-state index in [1.165, 1.54) is 18.2 Å². The Kier molecular flexibility index (Phi) is 22.5. The van der Waals surface area contributed by atoms with Gasteiger partial charge in [-0.3, -0.25) is 20.2 Å². The number of azide groups is 2. The maximum Gasteiger partial charge on any atom is 0.339 e. The maximum absolute atomic E-state index is 11.9. The topological polar surface area (TPSA) is 236 Å². The fraction of sp³-hybridized carbons (Fsp3) is 0.462. The standard InChI is InChI=1S/2C11H12N4O4.4CH4/c1-3-7(2)19-11(16)9-6-8(15(17)18)4-5-10(9)13-14-12;1-3-7(2)19-11(16)8-4-5-9(13-14-12)10(6-8)15(17)18;;;;/h2*4-7H,3H2,1-2H3;4*1H4. The number of non-ortho nitro benzene ring substituents is 1. The molecule has 0 spiro atoms. The third-order valence-electron chi connectivity index (χ3n) is 4.89. The van der Waals surface area contributed by atoms with E-state index < -0.39 is 27.5 Å². The molecule has 16 heteroatoms. The highest BCUT2D eigenvalue weighted by Crippen LogP contribution is 2.29. The number of carbonyl (C=O) groups excluding carboxylic acids is 2. The first-order chi connectivity index (χ1) is 18.0. The number of carbonyl (C=O) groups is 2. The summed E-state index contributed by atoms with van der Waals surface area (Å²) in [5, 5.41) is 28.0. The van der Waals surface area contributed by atoms with E-state index in [0.29, 0.717) is 12.8 Å². The first kappa shape index (κ1) is 43.8. The van der Waals surface area contributed by atoms with Gasteiger partial charge in [0, 0.05) is 28.0 Å². The van der Waals surface area contributed by atoms with Crippen molar-refractivity contribution in [3.63, 3.8) is 0 Å². The van der Waals surface area contributed by atoms with Gasteiger partial charge in [0.15, 0.2) is 0 Å². The van der Waals surface area contributed by atoms with Crippen molar-refractivity contribution in [1.82, 2.24) is 0 Å². The van der Waals surface area contributed by atoms with Crippen LogP contribution in [-0.2, 0) is 9.47 Å². The lowest BCUT2D eigenvalue weighted by atomic mass is 10.1. The quantitative estimate of drug-likeness (QED) is 0.0640. The minimum absolute atomic E-state index is 0. The fourth-order valence-electron chi connectivity index (χ4n) is 2.53. The first-order valence-corrected chi connectivity index (χ1v) is 11.1. The summed E-state index contributed by atoms with van der Waals surface area (Å²) in [5.41, 5.74) is 15.8. The minimum atomic E-state index is -0.750. The Labute approximate surface area is 245 Å². The SMILES string of the molecule is C.C.C.C.CCC(C)OC(=O)c1cc([N+](=O)[O-])ccc1N=[N+]=[N-].CCC(C)OC(=O)c1ccc(N=[N+]=[N-])c([N+](=O)[O-])c1. The van der Waals surface area contributed by atoms with Gasteiger partial charge in [0.05, 0.1) is 38.9 Å². The smallest absolute Gasteiger partial charge is 0.339 e. The molecule has 16 nitrogen and oxygen atoms in total. The van der Waals surface area contributed by atoms with Crippen LogP contribution in [0, 0.1) is 20.2 Å². The van der Waals surface area contributed by atoms with Gasteiger partial charge in [0.1, 0.15) is 5.69 Å². The molecule has 2 aromatic carbocycles. The Morgan fingerprint density at radius 1 is 0.810 bits per heavy atom. The average molecular weight is 593 g/mol. The van der Waals surface area contributed by atoms with Crippen LogP contribution >= 0.6 is 0 Å². The summed E-state index contributed by atoms with van der Waals surface area (Å²) >= 11 is 0. The molecule has 2 rings (SSSR count). The Hall–Kier alpha value is -5.20. The van der Waals surface area contributed by atoms with E-state index >= 15 is 0 Å². The van der Waals surface area contributed by atoms with Crippen LogP contribution in [0.15, 0.2) is 46.6 Å². The molecule has 2 atom stereocenters. The normalized spacial score (nSPS) is 10.2. The predicted octanol–water partition coefficient (Wildman–Crippen LogP) is 9.53. The molecule has 0 amide bonds. The van der Waals surface area contributed by atoms with Crippen molar-refractivity contribution in [2.24, 2.45) is 10.2 Å². The first-order valence-electron chi connectivity index (χ1n) is 11.1. The zero-order valence-electron chi connectivity index (χ0n) is 20.9. The second-order valence-electron chi connectivity index (χ2n) is 7.55. The molecule has 0 aliphatic heterocycles. The van der Waals surface area contributed by atoms with Gasteiger partial charge in [0.2, 0.25) is 0 Å². The lowest BCUT2D eigenvalue weighted by Crippen LogP contribution is -2.14. The summed E-state index contributed by atoms with van der Waals surface area (Å²) in [6.45, 7) is 7.11. The van der Waals surface area contributed by atoms with Crippen molar-refractivity contribution in [2.75, 3.05) is 0 Å². The molecule has 0 saturated heterocycles. The van der Waals surface area contributed by atoms with Crippen molar-refractivity contribution >= 4 is 34.7 Å². The third-order valence-corrected chi connectivity index (χ3v) is 4.89. The molecule has 0 bridgehead atoms. The summed E-state index contributed by atoms with van der Waals surface area (Å²) in [7, 11) is 0. The van der Waals surface area contributed by atoms with Crippen LogP contribution in [0.3, 0.4) is 0 Å². The zero-order chi connectivity index (χ0) is 28.8. The van der Waals surface area contributed by atoms with E-state index in [1.807, 2.05) is 13.8 Å². The molecule has 2 unspecified atom stereocenters. The number of rotatable bonds is 10. The molecule has 0 saturated carbocycles. The Bertz CT molecular complexity index is 1310. The van der Waals surface area contributed by atoms with Crippen LogP contribution < -0.4 is 0 Å². The molecule has 0 aromatic heterocycles. The van der Waals surface area contributed by atoms with E-state index in [-0.39, 0.29) is 70.1 Å². The van der Waals surface area contributed by atoms with Crippen LogP contribution in [0.4, 0.5) is 22.7 Å². The Morgan fingerprint density at radius 3 is 1.74 bits per heavy atom. The van der Waals surface area contributed by atoms with Crippen LogP contribution in [0.1, 0.15) is 91.0 Å². The van der Waals surface area contributed by atoms with Crippen LogP contribution in [0.25, 0.3) is 20.9 Å². The summed E-state index contributed by atoms with van der Waals surface area (Å²) in [6.07, 6.45) is 0.649. The Balaban J connectivity index is -0.000000314. The van der Waals surface area contributed by atoms with Gasteiger partial charge in [-0.15, -0.1) is 0 Å². The van der Waals surface area contributed by atoms with Gasteiger partial charge in [-0.1, -0.05) is 53.8 Å². The molecule has 2 aromatic rings. The number of benzene rings is 2. The zero-order valence-corrected chi connectivity index (χ0v) is 20.9. The number of nitro groups is 2. The number of esters is 2. The van der Waals surface area contributed by atoms with Gasteiger partial charge in [0.25, 0.3) is 11.4 Å². The minimum Gasteiger partial charge on any atom is -0.459 e. The number of hydrogen-bond donors (Lipinski definition) is 0. The summed E-state index contributed by atoms with van der Waals surface area (Å²) in [5.74, 6) is -1.40. The van der Waals surface area contributed by atoms with E-state index in [1.54, 1.807) is 13.8 Å². The van der Waals surface area contributed by atoms with E-state index in [9.17, 15) is 29.8 Å². The van der Waals surface area contributed by atoms with Crippen molar-refractivity contribution < 1.29 is 28.9 Å². The molecule has 0 fully saturated rings. The summed E-state index contributed by atoms with van der Waals surface area (Å²) in [4.78, 5) is 48.8. The largest absolute Gasteiger partial charge is 0.459 e. The van der Waals surface area contributed by atoms with E-state index in [2.05, 4.69) is 20.1 Å². The van der Waals surface area contributed by atoms with Crippen molar-refractivity contribution in [3.8, 4) is 0 Å². The maximum atomic E-state index is 11.9. The Morgan fingerprint density at radius 2 is 1.29 bits per heavy atom. The monoisotopic (exact) mass is 592 g/mol. The molecule has 42 heavy (non-hydrogen) atoms. The highest BCUT2D eigenvalue weighted by Gasteiger charge is 2.20. The third kappa shape index (κ3) is 13.2. The van der Waals surface area contributed by atoms with Gasteiger partial charge in [-0.25, -0.2) is 9.59 Å². The highest BCUT2D eigenvalue weighted by molar-refractivity contribution is 5.95. The van der Waals surface area contributed by atoms with Crippen molar-refractivity contribution in [2.45, 2.75) is 82.5 Å². The number of hydrogen-bond acceptors (Lipinski definition) is 10. The molecule has 0 aliphatic rings. The highest BCUT2D eigenvalue weighted by atomic mass is 16.6. The van der Waals surface area contributed by atoms with Crippen molar-refractivity contribution in [1.29, 1.82) is 0 Å². The second kappa shape index (κ2) is 21.6. The molecular weight excluding hydrogens is 552 g/mol. The summed E-state index contributed by atoms with van der Waals surface area (Å²) < 4.78 is 10.1. The number of nitrogens with zero attached hydrogens (tertiary/aromatic N) is 8. The molecule has 0 heterocycles. The van der Waals surface area contributed by atoms with Crippen molar-refractivity contribution in [3.05, 3.63) is 88.6 Å². The van der Waals surface area contributed by atoms with Gasteiger partial charge >= 0.3 is 11.9 Å². The lowest BCUT2D eigenvalue weighted by molar-refractivity contribution is -0.384. The molecule has 0 radical (unpaired) electrons. The average Bonchev–Trinajstić information content (AvgIpc) is 2.89. The van der Waals surface area contributed by atoms with Crippen LogP contribution in [0.5, 0.6) is 0 Å². The lowest BCUT2D eigenvalue weighted by Gasteiger charge is -2.11. The molecule has 0 aliphatic carbocycles. The van der Waals surface area contributed by atoms with E-state index in [4.69, 9.17) is 20.5 Å².